The van der Waals surface area contributed by atoms with Gasteiger partial charge in [0, 0.05) is 5.52 Å². The topological polar surface area (TPSA) is 15.8 Å². The van der Waals surface area contributed by atoms with Gasteiger partial charge in [0.1, 0.15) is 0 Å². The Balaban J connectivity index is 2.63. The van der Waals surface area contributed by atoms with Gasteiger partial charge in [0.05, 0.1) is 8.07 Å². The number of fused-ring (bicyclic) bond motifs is 1. The molecule has 0 amide bonds. The molecule has 2 aromatic rings. The van der Waals surface area contributed by atoms with Gasteiger partial charge in [-0.3, -0.25) is 0 Å². The van der Waals surface area contributed by atoms with Crippen LogP contribution < -0.4 is 5.32 Å². The number of aromatic nitrogens is 1. The molecule has 0 spiro atoms. The van der Waals surface area contributed by atoms with E-state index in [1.54, 1.807) is 0 Å². The Labute approximate surface area is 86.2 Å². The predicted molar refractivity (Wildman–Crippen MR) is 66.0 cm³/mol. The number of aromatic amines is 1. The van der Waals surface area contributed by atoms with Crippen molar-refractivity contribution in [2.75, 3.05) is 0 Å². The zero-order valence-corrected chi connectivity index (χ0v) is 10.3. The molecule has 1 N–H and O–H groups in total. The van der Waals surface area contributed by atoms with Crippen molar-refractivity contribution in [3.63, 3.8) is 0 Å². The van der Waals surface area contributed by atoms with Gasteiger partial charge in [-0.25, -0.2) is 0 Å². The highest BCUT2D eigenvalue weighted by molar-refractivity contribution is 6.88. The smallest absolute Gasteiger partial charge is 0.0982 e. The van der Waals surface area contributed by atoms with Crippen LogP contribution in [0.3, 0.4) is 0 Å². The number of H-pyrrole nitrogens is 1. The average Bonchev–Trinajstić information content (AvgIpc) is 2.45. The summed E-state index contributed by atoms with van der Waals surface area (Å²) >= 11 is 0. The highest BCUT2D eigenvalue weighted by Crippen LogP contribution is 2.14. The van der Waals surface area contributed by atoms with Crippen LogP contribution >= 0.6 is 0 Å². The highest BCUT2D eigenvalue weighted by Gasteiger charge is 2.18. The summed E-state index contributed by atoms with van der Waals surface area (Å²) in [4.78, 5) is 3.54. The first kappa shape index (κ1) is 9.53. The van der Waals surface area contributed by atoms with Gasteiger partial charge in [0.25, 0.3) is 0 Å². The van der Waals surface area contributed by atoms with Crippen LogP contribution in [-0.2, 0) is 0 Å². The van der Waals surface area contributed by atoms with Crippen molar-refractivity contribution < 1.29 is 0 Å². The van der Waals surface area contributed by atoms with Crippen molar-refractivity contribution in [3.8, 4) is 0 Å². The third-order valence-electron chi connectivity index (χ3n) is 2.59. The molecular formula is C12H17NSi. The molecule has 0 bridgehead atoms. The SMILES string of the molecule is Cc1ccc2cc([Si](C)(C)C)[nH]c2c1. The van der Waals surface area contributed by atoms with Gasteiger partial charge in [-0.05, 0) is 35.3 Å². The predicted octanol–water partition coefficient (Wildman–Crippen LogP) is 3.02. The first-order valence-electron chi connectivity index (χ1n) is 5.07. The normalized spacial score (nSPS) is 12.3. The Morgan fingerprint density at radius 3 is 2.43 bits per heavy atom. The minimum absolute atomic E-state index is 1.19. The minimum Gasteiger partial charge on any atom is -0.362 e. The third kappa shape index (κ3) is 1.62. The fourth-order valence-electron chi connectivity index (χ4n) is 1.64. The molecular weight excluding hydrogens is 186 g/mol. The maximum absolute atomic E-state index is 3.54. The number of benzene rings is 1. The molecule has 1 heterocycles. The molecule has 2 rings (SSSR count). The molecule has 1 nitrogen and oxygen atoms in total. The van der Waals surface area contributed by atoms with E-state index in [9.17, 15) is 0 Å². The van der Waals surface area contributed by atoms with Crippen LogP contribution in [0.1, 0.15) is 5.56 Å². The standard InChI is InChI=1S/C12H17NSi/c1-9-5-6-10-8-12(14(2,3)4)13-11(10)7-9/h5-8,13H,1-4H3. The lowest BCUT2D eigenvalue weighted by atomic mass is 10.2. The summed E-state index contributed by atoms with van der Waals surface area (Å²) in [5.41, 5.74) is 2.60. The Kier molecular flexibility index (Phi) is 2.03. The number of hydrogen-bond donors (Lipinski definition) is 1. The maximum Gasteiger partial charge on any atom is 0.0982 e. The lowest BCUT2D eigenvalue weighted by Crippen LogP contribution is -2.38. The van der Waals surface area contributed by atoms with E-state index in [2.05, 4.69) is 55.8 Å². The summed E-state index contributed by atoms with van der Waals surface area (Å²) in [6.07, 6.45) is 0. The fourth-order valence-corrected chi connectivity index (χ4v) is 2.74. The molecule has 0 fully saturated rings. The van der Waals surface area contributed by atoms with Crippen LogP contribution in [0.4, 0.5) is 0 Å². The average molecular weight is 203 g/mol. The summed E-state index contributed by atoms with van der Waals surface area (Å²) in [6, 6.07) is 8.90. The second-order valence-corrected chi connectivity index (χ2v) is 10.1. The molecule has 2 heteroatoms. The molecule has 0 aliphatic rings. The van der Waals surface area contributed by atoms with Gasteiger partial charge in [-0.15, -0.1) is 0 Å². The summed E-state index contributed by atoms with van der Waals surface area (Å²) in [6.45, 7) is 9.23. The molecule has 0 atom stereocenters. The van der Waals surface area contributed by atoms with E-state index in [-0.39, 0.29) is 0 Å². The summed E-state index contributed by atoms with van der Waals surface area (Å²) < 4.78 is 0. The van der Waals surface area contributed by atoms with E-state index in [0.29, 0.717) is 0 Å². The molecule has 0 aliphatic carbocycles. The lowest BCUT2D eigenvalue weighted by Gasteiger charge is -2.12. The van der Waals surface area contributed by atoms with Crippen LogP contribution in [0, 0.1) is 6.92 Å². The van der Waals surface area contributed by atoms with Crippen LogP contribution in [-0.4, -0.2) is 13.1 Å². The fraction of sp³-hybridized carbons (Fsp3) is 0.333. The third-order valence-corrected chi connectivity index (χ3v) is 4.47. The lowest BCUT2D eigenvalue weighted by molar-refractivity contribution is 1.45. The van der Waals surface area contributed by atoms with Gasteiger partial charge in [-0.2, -0.15) is 0 Å². The highest BCUT2D eigenvalue weighted by atomic mass is 28.3. The second-order valence-electron chi connectivity index (χ2n) is 5.02. The molecule has 0 aliphatic heterocycles. The molecule has 0 saturated heterocycles. The van der Waals surface area contributed by atoms with E-state index in [4.69, 9.17) is 0 Å². The second kappa shape index (κ2) is 2.99. The van der Waals surface area contributed by atoms with Crippen molar-refractivity contribution in [1.82, 2.24) is 4.98 Å². The largest absolute Gasteiger partial charge is 0.362 e. The van der Waals surface area contributed by atoms with Crippen LogP contribution in [0.5, 0.6) is 0 Å². The summed E-state index contributed by atoms with van der Waals surface area (Å²) in [7, 11) is -1.19. The number of hydrogen-bond acceptors (Lipinski definition) is 0. The molecule has 74 valence electrons. The van der Waals surface area contributed by atoms with Crippen molar-refractivity contribution >= 4 is 24.3 Å². The molecule has 1 aromatic carbocycles. The minimum atomic E-state index is -1.19. The van der Waals surface area contributed by atoms with Gasteiger partial charge < -0.3 is 4.98 Å². The van der Waals surface area contributed by atoms with Crippen molar-refractivity contribution in [2.24, 2.45) is 0 Å². The molecule has 0 radical (unpaired) electrons. The Morgan fingerprint density at radius 1 is 1.07 bits per heavy atom. The molecule has 14 heavy (non-hydrogen) atoms. The Morgan fingerprint density at radius 2 is 1.79 bits per heavy atom. The number of rotatable bonds is 1. The maximum atomic E-state index is 3.54. The zero-order chi connectivity index (χ0) is 10.3. The molecule has 0 unspecified atom stereocenters. The van der Waals surface area contributed by atoms with E-state index < -0.39 is 8.07 Å². The first-order valence-corrected chi connectivity index (χ1v) is 8.57. The molecule has 0 saturated carbocycles. The van der Waals surface area contributed by atoms with Crippen LogP contribution in [0.15, 0.2) is 24.3 Å². The zero-order valence-electron chi connectivity index (χ0n) is 9.31. The van der Waals surface area contributed by atoms with E-state index >= 15 is 0 Å². The van der Waals surface area contributed by atoms with Gasteiger partial charge in [0.2, 0.25) is 0 Å². The number of aryl methyl sites for hydroxylation is 1. The van der Waals surface area contributed by atoms with E-state index in [0.717, 1.165) is 0 Å². The monoisotopic (exact) mass is 203 g/mol. The quantitative estimate of drug-likeness (QED) is 0.686. The van der Waals surface area contributed by atoms with E-state index in [1.807, 2.05) is 0 Å². The van der Waals surface area contributed by atoms with Gasteiger partial charge in [0.15, 0.2) is 0 Å². The Hall–Kier alpha value is -1.02. The van der Waals surface area contributed by atoms with Gasteiger partial charge in [-0.1, -0.05) is 31.8 Å². The van der Waals surface area contributed by atoms with Crippen molar-refractivity contribution in [2.45, 2.75) is 26.6 Å². The van der Waals surface area contributed by atoms with E-state index in [1.165, 1.54) is 21.8 Å². The van der Waals surface area contributed by atoms with Crippen molar-refractivity contribution in [1.29, 1.82) is 0 Å². The number of nitrogens with one attached hydrogen (secondary N) is 1. The first-order chi connectivity index (χ1) is 6.47. The molecule has 1 aromatic heterocycles. The van der Waals surface area contributed by atoms with Crippen LogP contribution in [0.25, 0.3) is 10.9 Å². The summed E-state index contributed by atoms with van der Waals surface area (Å²) in [5.74, 6) is 0. The van der Waals surface area contributed by atoms with Gasteiger partial charge >= 0.3 is 0 Å². The summed E-state index contributed by atoms with van der Waals surface area (Å²) in [5, 5.41) is 2.78. The Bertz CT molecular complexity index is 463. The van der Waals surface area contributed by atoms with Crippen LogP contribution in [0.2, 0.25) is 19.6 Å². The van der Waals surface area contributed by atoms with Crippen molar-refractivity contribution in [3.05, 3.63) is 29.8 Å².